The van der Waals surface area contributed by atoms with Gasteiger partial charge in [-0.05, 0) is 59.1 Å². The quantitative estimate of drug-likeness (QED) is 0.860. The predicted octanol–water partition coefficient (Wildman–Crippen LogP) is 4.21. The Hall–Kier alpha value is -1.68. The molecule has 106 valence electrons. The smallest absolute Gasteiger partial charge is 0.121 e. The van der Waals surface area contributed by atoms with Gasteiger partial charge in [0.05, 0.1) is 12.8 Å². The summed E-state index contributed by atoms with van der Waals surface area (Å²) in [4.78, 5) is 0. The number of rotatable bonds is 5. The molecule has 0 saturated heterocycles. The summed E-state index contributed by atoms with van der Waals surface area (Å²) in [5.41, 5.74) is 2.19. The Morgan fingerprint density at radius 1 is 1.20 bits per heavy atom. The lowest BCUT2D eigenvalue weighted by Crippen LogP contribution is -2.18. The maximum atomic E-state index is 9.28. The number of phenols is 1. The summed E-state index contributed by atoms with van der Waals surface area (Å²) in [6.45, 7) is 2.12. The number of methoxy groups -OCH3 is 1. The van der Waals surface area contributed by atoms with Crippen LogP contribution in [0.15, 0.2) is 46.9 Å². The third-order valence-electron chi connectivity index (χ3n) is 3.05. The maximum absolute atomic E-state index is 9.28. The third kappa shape index (κ3) is 3.90. The van der Waals surface area contributed by atoms with Crippen LogP contribution in [0.3, 0.4) is 0 Å². The highest BCUT2D eigenvalue weighted by atomic mass is 79.9. The average Bonchev–Trinajstić information content (AvgIpc) is 2.44. The fraction of sp³-hybridized carbons (Fsp3) is 0.250. The second-order valence-electron chi connectivity index (χ2n) is 4.76. The zero-order chi connectivity index (χ0) is 14.5. The first kappa shape index (κ1) is 14.7. The highest BCUT2D eigenvalue weighted by molar-refractivity contribution is 9.10. The van der Waals surface area contributed by atoms with Crippen molar-refractivity contribution in [3.63, 3.8) is 0 Å². The molecular weight excluding hydrogens is 318 g/mol. The van der Waals surface area contributed by atoms with E-state index < -0.39 is 0 Å². The van der Waals surface area contributed by atoms with Crippen molar-refractivity contribution < 1.29 is 9.84 Å². The number of ether oxygens (including phenoxy) is 1. The molecule has 3 nitrogen and oxygen atoms in total. The second kappa shape index (κ2) is 6.66. The van der Waals surface area contributed by atoms with Crippen LogP contribution in [0.2, 0.25) is 0 Å². The van der Waals surface area contributed by atoms with Gasteiger partial charge in [0.15, 0.2) is 0 Å². The Kier molecular flexibility index (Phi) is 4.90. The normalized spacial score (nSPS) is 11.9. The van der Waals surface area contributed by atoms with Crippen molar-refractivity contribution in [1.29, 1.82) is 0 Å². The number of phenolic OH excluding ortho intramolecular Hbond substituents is 1. The van der Waals surface area contributed by atoms with Crippen LogP contribution in [0.4, 0.5) is 5.69 Å². The van der Waals surface area contributed by atoms with Crippen molar-refractivity contribution in [3.05, 3.63) is 52.5 Å². The second-order valence-corrected chi connectivity index (χ2v) is 5.62. The van der Waals surface area contributed by atoms with Gasteiger partial charge in [0.2, 0.25) is 0 Å². The van der Waals surface area contributed by atoms with Gasteiger partial charge in [0.25, 0.3) is 0 Å². The van der Waals surface area contributed by atoms with Gasteiger partial charge in [-0.1, -0.05) is 12.1 Å². The summed E-state index contributed by atoms with van der Waals surface area (Å²) < 4.78 is 6.24. The van der Waals surface area contributed by atoms with E-state index in [4.69, 9.17) is 4.74 Å². The Bertz CT molecular complexity index is 569. The van der Waals surface area contributed by atoms with E-state index in [0.29, 0.717) is 5.75 Å². The number of nitrogens with one attached hydrogen (secondary N) is 1. The first-order valence-corrected chi connectivity index (χ1v) is 7.26. The van der Waals surface area contributed by atoms with Gasteiger partial charge >= 0.3 is 0 Å². The molecule has 0 radical (unpaired) electrons. The molecule has 0 amide bonds. The summed E-state index contributed by atoms with van der Waals surface area (Å²) in [6.07, 6.45) is 0.879. The minimum Gasteiger partial charge on any atom is -0.508 e. The van der Waals surface area contributed by atoms with Crippen LogP contribution in [0.5, 0.6) is 11.5 Å². The first-order chi connectivity index (χ1) is 9.58. The van der Waals surface area contributed by atoms with Crippen LogP contribution >= 0.6 is 15.9 Å². The van der Waals surface area contributed by atoms with E-state index in [1.807, 2.05) is 30.3 Å². The molecule has 1 unspecified atom stereocenters. The van der Waals surface area contributed by atoms with E-state index >= 15 is 0 Å². The van der Waals surface area contributed by atoms with Gasteiger partial charge in [0.1, 0.15) is 11.5 Å². The molecule has 0 spiro atoms. The lowest BCUT2D eigenvalue weighted by molar-refractivity contribution is 0.415. The fourth-order valence-corrected chi connectivity index (χ4v) is 2.41. The molecule has 0 aromatic heterocycles. The van der Waals surface area contributed by atoms with Gasteiger partial charge in [0, 0.05) is 16.6 Å². The molecule has 2 aromatic rings. The van der Waals surface area contributed by atoms with Crippen molar-refractivity contribution in [3.8, 4) is 11.5 Å². The maximum Gasteiger partial charge on any atom is 0.121 e. The van der Waals surface area contributed by atoms with Crippen LogP contribution in [0.1, 0.15) is 12.5 Å². The number of benzene rings is 2. The van der Waals surface area contributed by atoms with Crippen molar-refractivity contribution in [2.45, 2.75) is 19.4 Å². The van der Waals surface area contributed by atoms with Crippen LogP contribution in [0, 0.1) is 0 Å². The van der Waals surface area contributed by atoms with E-state index in [-0.39, 0.29) is 6.04 Å². The summed E-state index contributed by atoms with van der Waals surface area (Å²) >= 11 is 3.53. The summed E-state index contributed by atoms with van der Waals surface area (Å²) in [7, 11) is 1.66. The zero-order valence-electron chi connectivity index (χ0n) is 11.6. The summed E-state index contributed by atoms with van der Waals surface area (Å²) in [5, 5.41) is 12.7. The number of hydrogen-bond acceptors (Lipinski definition) is 3. The monoisotopic (exact) mass is 335 g/mol. The standard InChI is InChI=1S/C16H18BrNO2/c1-11(9-12-3-5-13(19)6-4-12)18-16-10-14(20-2)7-8-15(16)17/h3-8,10-11,18-19H,9H2,1-2H3. The van der Waals surface area contributed by atoms with E-state index in [1.165, 1.54) is 5.56 Å². The number of anilines is 1. The van der Waals surface area contributed by atoms with E-state index in [2.05, 4.69) is 28.2 Å². The van der Waals surface area contributed by atoms with Crippen LogP contribution < -0.4 is 10.1 Å². The van der Waals surface area contributed by atoms with Gasteiger partial charge in [-0.25, -0.2) is 0 Å². The number of hydrogen-bond donors (Lipinski definition) is 2. The minimum atomic E-state index is 0.267. The number of halogens is 1. The molecule has 0 aliphatic rings. The van der Waals surface area contributed by atoms with Crippen LogP contribution in [-0.4, -0.2) is 18.3 Å². The number of aromatic hydroxyl groups is 1. The van der Waals surface area contributed by atoms with Gasteiger partial charge in [-0.2, -0.15) is 0 Å². The van der Waals surface area contributed by atoms with Gasteiger partial charge in [-0.3, -0.25) is 0 Å². The fourth-order valence-electron chi connectivity index (χ4n) is 2.04. The lowest BCUT2D eigenvalue weighted by Gasteiger charge is -2.17. The molecular formula is C16H18BrNO2. The van der Waals surface area contributed by atoms with Crippen molar-refractivity contribution in [2.24, 2.45) is 0 Å². The molecule has 0 aliphatic heterocycles. The first-order valence-electron chi connectivity index (χ1n) is 6.46. The minimum absolute atomic E-state index is 0.267. The molecule has 0 fully saturated rings. The van der Waals surface area contributed by atoms with E-state index in [0.717, 1.165) is 22.3 Å². The summed E-state index contributed by atoms with van der Waals surface area (Å²) in [6, 6.07) is 13.4. The SMILES string of the molecule is COc1ccc(Br)c(NC(C)Cc2ccc(O)cc2)c1. The largest absolute Gasteiger partial charge is 0.508 e. The molecule has 0 aliphatic carbocycles. The Labute approximate surface area is 127 Å². The van der Waals surface area contributed by atoms with Gasteiger partial charge < -0.3 is 15.2 Å². The molecule has 4 heteroatoms. The Morgan fingerprint density at radius 3 is 2.55 bits per heavy atom. The summed E-state index contributed by atoms with van der Waals surface area (Å²) in [5.74, 6) is 1.12. The highest BCUT2D eigenvalue weighted by Gasteiger charge is 2.07. The topological polar surface area (TPSA) is 41.5 Å². The zero-order valence-corrected chi connectivity index (χ0v) is 13.1. The van der Waals surface area contributed by atoms with Crippen molar-refractivity contribution >= 4 is 21.6 Å². The molecule has 2 N–H and O–H groups in total. The van der Waals surface area contributed by atoms with E-state index in [9.17, 15) is 5.11 Å². The van der Waals surface area contributed by atoms with E-state index in [1.54, 1.807) is 19.2 Å². The molecule has 1 atom stereocenters. The van der Waals surface area contributed by atoms with Crippen molar-refractivity contribution in [2.75, 3.05) is 12.4 Å². The molecule has 20 heavy (non-hydrogen) atoms. The third-order valence-corrected chi connectivity index (χ3v) is 3.75. The van der Waals surface area contributed by atoms with Gasteiger partial charge in [-0.15, -0.1) is 0 Å². The predicted molar refractivity (Wildman–Crippen MR) is 85.6 cm³/mol. The molecule has 0 heterocycles. The molecule has 0 bridgehead atoms. The average molecular weight is 336 g/mol. The molecule has 2 aromatic carbocycles. The van der Waals surface area contributed by atoms with Crippen LogP contribution in [-0.2, 0) is 6.42 Å². The molecule has 2 rings (SSSR count). The lowest BCUT2D eigenvalue weighted by atomic mass is 10.1. The van der Waals surface area contributed by atoms with Crippen molar-refractivity contribution in [1.82, 2.24) is 0 Å². The highest BCUT2D eigenvalue weighted by Crippen LogP contribution is 2.28. The van der Waals surface area contributed by atoms with Crippen LogP contribution in [0.25, 0.3) is 0 Å². The Morgan fingerprint density at radius 2 is 1.90 bits per heavy atom. The Balaban J connectivity index is 2.04. The molecule has 0 saturated carbocycles.